The van der Waals surface area contributed by atoms with Crippen molar-refractivity contribution in [2.75, 3.05) is 0 Å². The number of aryl methyl sites for hydroxylation is 1. The van der Waals surface area contributed by atoms with Gasteiger partial charge in [0.2, 0.25) is 0 Å². The average Bonchev–Trinajstić information content (AvgIpc) is 2.86. The topological polar surface area (TPSA) is 31.4 Å². The summed E-state index contributed by atoms with van der Waals surface area (Å²) >= 11 is 0. The van der Waals surface area contributed by atoms with Crippen LogP contribution in [0.4, 0.5) is 0 Å². The molecule has 162 valence electrons. The van der Waals surface area contributed by atoms with Crippen molar-refractivity contribution in [2.45, 2.75) is 34.0 Å². The van der Waals surface area contributed by atoms with Crippen LogP contribution in [-0.2, 0) is 6.37 Å². The predicted octanol–water partition coefficient (Wildman–Crippen LogP) is 5.37. The summed E-state index contributed by atoms with van der Waals surface area (Å²) in [6.45, 7) is 2.67. The normalized spacial score (nSPS) is 16.5. The average molecular weight is 436 g/mol. The van der Waals surface area contributed by atoms with Crippen LogP contribution in [0.1, 0.15) is 38.8 Å². The Labute approximate surface area is 202 Å². The van der Waals surface area contributed by atoms with E-state index in [0.29, 0.717) is 22.8 Å². The minimum absolute atomic E-state index is 0.0831. The fraction of sp³-hybridized carbons (Fsp3) is 0.207. The van der Waals surface area contributed by atoms with Crippen molar-refractivity contribution in [1.29, 1.82) is 0 Å². The van der Waals surface area contributed by atoms with Gasteiger partial charge in [-0.1, -0.05) is 57.2 Å². The van der Waals surface area contributed by atoms with Crippen LogP contribution in [0, 0.1) is 12.3 Å². The van der Waals surface area contributed by atoms with Crippen molar-refractivity contribution in [3.05, 3.63) is 84.1 Å². The molecule has 3 nitrogen and oxygen atoms in total. The van der Waals surface area contributed by atoms with E-state index in [1.54, 1.807) is 26.8 Å². The van der Waals surface area contributed by atoms with Crippen molar-refractivity contribution in [1.82, 2.24) is 4.98 Å². The van der Waals surface area contributed by atoms with Crippen molar-refractivity contribution in [2.24, 2.45) is 5.41 Å². The molecule has 4 heteroatoms. The Balaban J connectivity index is 1.58. The first kappa shape index (κ1) is 15.3. The van der Waals surface area contributed by atoms with E-state index in [1.807, 2.05) is 54.6 Å². The number of fused-ring (bicyclic) bond motifs is 4. The van der Waals surface area contributed by atoms with Crippen LogP contribution in [0.3, 0.4) is 0 Å². The van der Waals surface area contributed by atoms with Gasteiger partial charge in [0.15, 0.2) is 0 Å². The number of ether oxygens (including phenoxy) is 2. The summed E-state index contributed by atoms with van der Waals surface area (Å²) in [5, 5.41) is 0. The first-order valence-corrected chi connectivity index (χ1v) is 11.1. The van der Waals surface area contributed by atoms with E-state index in [4.69, 9.17) is 16.3 Å². The molecule has 3 heterocycles. The summed E-state index contributed by atoms with van der Waals surface area (Å²) in [5.74, 6) is 2.85. The van der Waals surface area contributed by atoms with Gasteiger partial charge in [0.1, 0.15) is 23.0 Å². The zero-order chi connectivity index (χ0) is 27.0. The quantitative estimate of drug-likeness (QED) is 0.342. The molecule has 4 aromatic rings. The Morgan fingerprint density at radius 3 is 2.45 bits per heavy atom. The molecule has 0 saturated heterocycles. The number of pyridine rings is 1. The minimum atomic E-state index is -2.51. The molecule has 0 fully saturated rings. The summed E-state index contributed by atoms with van der Waals surface area (Å²) in [5.41, 5.74) is 3.25. The second-order valence-corrected chi connectivity index (χ2v) is 9.56. The molecule has 0 atom stereocenters. The zero-order valence-corrected chi connectivity index (χ0v) is 18.8. The number of benzene rings is 3. The highest BCUT2D eigenvalue weighted by molar-refractivity contribution is 6.98. The molecule has 6 rings (SSSR count). The molecule has 0 N–H and O–H groups in total. The van der Waals surface area contributed by atoms with Gasteiger partial charge in [-0.05, 0) is 71.0 Å². The van der Waals surface area contributed by atoms with E-state index in [2.05, 4.69) is 11.1 Å². The van der Waals surface area contributed by atoms with Gasteiger partial charge < -0.3 is 9.47 Å². The Hall–Kier alpha value is -3.53. The molecule has 2 aliphatic rings. The van der Waals surface area contributed by atoms with E-state index >= 15 is 0 Å². The van der Waals surface area contributed by atoms with Crippen molar-refractivity contribution in [3.8, 4) is 34.3 Å². The summed E-state index contributed by atoms with van der Waals surface area (Å²) < 4.78 is 54.6. The molecule has 0 bridgehead atoms. The fourth-order valence-corrected chi connectivity index (χ4v) is 4.71. The molecular weight excluding hydrogens is 405 g/mol. The highest BCUT2D eigenvalue weighted by Gasteiger charge is 2.40. The first-order valence-electron chi connectivity index (χ1n) is 13.6. The molecule has 0 radical (unpaired) electrons. The molecule has 0 aliphatic carbocycles. The van der Waals surface area contributed by atoms with Crippen LogP contribution in [0.25, 0.3) is 11.3 Å². The third-order valence-corrected chi connectivity index (χ3v) is 6.02. The van der Waals surface area contributed by atoms with E-state index in [0.717, 1.165) is 27.9 Å². The smallest absolute Gasteiger partial charge is 0.260 e. The molecule has 33 heavy (non-hydrogen) atoms. The third kappa shape index (κ3) is 3.33. The number of hydrogen-bond acceptors (Lipinski definition) is 3. The number of hydrogen-bond donors (Lipinski definition) is 0. The minimum Gasteiger partial charge on any atom is -0.458 e. The Kier molecular flexibility index (Phi) is 3.37. The molecule has 0 spiro atoms. The maximum absolute atomic E-state index is 8.90. The molecule has 0 unspecified atom stereocenters. The van der Waals surface area contributed by atoms with Gasteiger partial charge in [-0.3, -0.25) is 4.98 Å². The summed E-state index contributed by atoms with van der Waals surface area (Å²) in [7, 11) is 0. The van der Waals surface area contributed by atoms with Crippen molar-refractivity contribution in [3.63, 3.8) is 0 Å². The number of para-hydroxylation sites is 2. The summed E-state index contributed by atoms with van der Waals surface area (Å²) in [4.78, 5) is 4.53. The molecule has 2 aliphatic heterocycles. The van der Waals surface area contributed by atoms with E-state index in [-0.39, 0.29) is 17.8 Å². The van der Waals surface area contributed by atoms with Gasteiger partial charge in [0, 0.05) is 24.1 Å². The SMILES string of the molecule is [2H]C([2H])([2H])c1cnc(-c2cccc3c2Oc2cccc4c2B3c2ccccc2O4)cc1C([2H])([2H])C(C)(C)C. The molecule has 1 aromatic heterocycles. The maximum Gasteiger partial charge on any atom is 0.260 e. The Morgan fingerprint density at radius 1 is 0.909 bits per heavy atom. The Bertz CT molecular complexity index is 1590. The highest BCUT2D eigenvalue weighted by atomic mass is 16.5. The van der Waals surface area contributed by atoms with E-state index in [9.17, 15) is 0 Å². The lowest BCUT2D eigenvalue weighted by atomic mass is 9.34. The van der Waals surface area contributed by atoms with Crippen LogP contribution in [0.2, 0.25) is 0 Å². The second kappa shape index (κ2) is 7.24. The highest BCUT2D eigenvalue weighted by Crippen LogP contribution is 2.38. The number of nitrogens with zero attached hydrogens (tertiary/aromatic N) is 1. The fourth-order valence-electron chi connectivity index (χ4n) is 4.71. The van der Waals surface area contributed by atoms with Crippen LogP contribution in [-0.4, -0.2) is 11.7 Å². The van der Waals surface area contributed by atoms with Crippen molar-refractivity contribution < 1.29 is 16.3 Å². The van der Waals surface area contributed by atoms with Crippen LogP contribution >= 0.6 is 0 Å². The van der Waals surface area contributed by atoms with E-state index < -0.39 is 18.6 Å². The van der Waals surface area contributed by atoms with Gasteiger partial charge in [0.05, 0.1) is 5.69 Å². The lowest BCUT2D eigenvalue weighted by Crippen LogP contribution is -2.57. The van der Waals surface area contributed by atoms with Crippen LogP contribution in [0.15, 0.2) is 72.9 Å². The lowest BCUT2D eigenvalue weighted by molar-refractivity contribution is 0.410. The Morgan fingerprint density at radius 2 is 1.64 bits per heavy atom. The lowest BCUT2D eigenvalue weighted by Gasteiger charge is -2.33. The van der Waals surface area contributed by atoms with Crippen LogP contribution < -0.4 is 25.9 Å². The van der Waals surface area contributed by atoms with Gasteiger partial charge in [-0.15, -0.1) is 0 Å². The zero-order valence-electron chi connectivity index (χ0n) is 23.8. The molecule has 3 aromatic carbocycles. The van der Waals surface area contributed by atoms with Gasteiger partial charge >= 0.3 is 0 Å². The maximum atomic E-state index is 8.90. The summed E-state index contributed by atoms with van der Waals surface area (Å²) in [6, 6.07) is 21.1. The van der Waals surface area contributed by atoms with Crippen LogP contribution in [0.5, 0.6) is 23.0 Å². The molecule has 0 amide bonds. The third-order valence-electron chi connectivity index (χ3n) is 6.02. The predicted molar refractivity (Wildman–Crippen MR) is 135 cm³/mol. The van der Waals surface area contributed by atoms with Gasteiger partial charge in [0.25, 0.3) is 6.71 Å². The molecular formula is C29H26BNO2. The van der Waals surface area contributed by atoms with Crippen molar-refractivity contribution >= 4 is 23.1 Å². The number of aromatic nitrogens is 1. The monoisotopic (exact) mass is 436 g/mol. The van der Waals surface area contributed by atoms with Gasteiger partial charge in [-0.2, -0.15) is 0 Å². The summed E-state index contributed by atoms with van der Waals surface area (Å²) in [6.07, 6.45) is -0.634. The second-order valence-electron chi connectivity index (χ2n) is 9.56. The first-order chi connectivity index (χ1) is 17.9. The van der Waals surface area contributed by atoms with Gasteiger partial charge in [-0.25, -0.2) is 0 Å². The van der Waals surface area contributed by atoms with E-state index in [1.165, 1.54) is 6.20 Å². The standard InChI is InChI=1S/C29H26BNO2/c1-18-17-31-23(15-19(18)16-29(2,3)4)20-9-7-11-22-28(20)33-26-14-8-13-25-27(26)30(22)21-10-5-6-12-24(21)32-25/h5-15,17H,16H2,1-4H3/i1D3,16D2. The molecule has 0 saturated carbocycles. The number of rotatable bonds is 2. The largest absolute Gasteiger partial charge is 0.458 e.